The maximum Gasteiger partial charge on any atom is 0.303 e. The van der Waals surface area contributed by atoms with Crippen molar-refractivity contribution < 1.29 is 9.90 Å². The zero-order chi connectivity index (χ0) is 4.28. The van der Waals surface area contributed by atoms with E-state index in [1.807, 2.05) is 0 Å². The van der Waals surface area contributed by atoms with Gasteiger partial charge in [0.05, 0.1) is 0 Å². The maximum atomic E-state index is 9.37. The third-order valence-electron chi connectivity index (χ3n) is 0.302. The average molecular weight is 102 g/mol. The summed E-state index contributed by atoms with van der Waals surface area (Å²) in [5.41, 5.74) is 0. The molecule has 0 aromatic heterocycles. The molecule has 0 saturated heterocycles. The minimum Gasteiger partial charge on any atom is -0.481 e. The fourth-order valence-corrected chi connectivity index (χ4v) is 0. The smallest absolute Gasteiger partial charge is 0.303 e. The van der Waals surface area contributed by atoms with Crippen LogP contribution >= 0.6 is 0 Å². The number of hydrogen-bond acceptors (Lipinski definition) is 1. The molecule has 0 rings (SSSR count). The highest BCUT2D eigenvalue weighted by molar-refractivity contribution is 5.75. The van der Waals surface area contributed by atoms with Gasteiger partial charge in [0.25, 0.3) is 0 Å². The van der Waals surface area contributed by atoms with E-state index in [1.54, 1.807) is 6.92 Å². The monoisotopic (exact) mass is 102 g/mol. The quantitative estimate of drug-likeness (QED) is 0.477. The fourth-order valence-electron chi connectivity index (χ4n) is 0. The van der Waals surface area contributed by atoms with Crippen LogP contribution in [0.25, 0.3) is 0 Å². The van der Waals surface area contributed by atoms with Crippen LogP contribution in [0.4, 0.5) is 0 Å². The van der Waals surface area contributed by atoms with Gasteiger partial charge >= 0.3 is 5.97 Å². The first-order valence-electron chi connectivity index (χ1n) is 1.49. The molecule has 0 heterocycles. The lowest BCUT2D eigenvalue weighted by atomic mass is 10.5. The number of aliphatic carboxylic acids is 1. The molecular weight excluding hydrogens is 96.1 g/mol. The molecule has 0 atom stereocenters. The Kier molecular flexibility index (Phi) is 7.18. The molecule has 0 aliphatic heterocycles. The zero-order valence-corrected chi connectivity index (χ0v) is 4.56. The van der Waals surface area contributed by atoms with Crippen LogP contribution in [0, 0.1) is 0 Å². The van der Waals surface area contributed by atoms with E-state index < -0.39 is 5.97 Å². The molecule has 0 amide bonds. The molecule has 6 heavy (non-hydrogen) atoms. The molecule has 0 aliphatic rings. The summed E-state index contributed by atoms with van der Waals surface area (Å²) in [5.74, 6) is -0.745. The highest BCUT2D eigenvalue weighted by atomic mass is 28.1. The van der Waals surface area contributed by atoms with Gasteiger partial charge in [0.15, 0.2) is 0 Å². The van der Waals surface area contributed by atoms with E-state index in [0.717, 1.165) is 0 Å². The van der Waals surface area contributed by atoms with Crippen LogP contribution in [-0.2, 0) is 4.79 Å². The van der Waals surface area contributed by atoms with Gasteiger partial charge in [-0.15, -0.1) is 0 Å². The van der Waals surface area contributed by atoms with Crippen LogP contribution < -0.4 is 0 Å². The summed E-state index contributed by atoms with van der Waals surface area (Å²) in [5, 5.41) is 7.72. The molecule has 1 N–H and O–H groups in total. The van der Waals surface area contributed by atoms with E-state index in [2.05, 4.69) is 0 Å². The molecule has 3 heteroatoms. The zero-order valence-electron chi connectivity index (χ0n) is 3.56. The number of carbonyl (C=O) groups is 1. The summed E-state index contributed by atoms with van der Waals surface area (Å²) in [6.45, 7) is 1.60. The minimum atomic E-state index is -0.745. The summed E-state index contributed by atoms with van der Waals surface area (Å²) in [4.78, 5) is 9.37. The molecule has 0 spiro atoms. The van der Waals surface area contributed by atoms with Crippen molar-refractivity contribution in [2.45, 2.75) is 13.3 Å². The second kappa shape index (κ2) is 4.69. The lowest BCUT2D eigenvalue weighted by molar-refractivity contribution is -0.136. The van der Waals surface area contributed by atoms with Gasteiger partial charge in [-0.2, -0.15) is 0 Å². The predicted octanol–water partition coefficient (Wildman–Crippen LogP) is 0.100. The predicted molar refractivity (Wildman–Crippen MR) is 23.7 cm³/mol. The van der Waals surface area contributed by atoms with Gasteiger partial charge < -0.3 is 5.11 Å². The minimum absolute atomic E-state index is 0. The second-order valence-electron chi connectivity index (χ2n) is 0.747. The lowest BCUT2D eigenvalue weighted by Gasteiger charge is -1.71. The van der Waals surface area contributed by atoms with Gasteiger partial charge in [-0.1, -0.05) is 6.92 Å². The summed E-state index contributed by atoms with van der Waals surface area (Å²) in [7, 11) is 0. The Morgan fingerprint density at radius 2 is 2.00 bits per heavy atom. The largest absolute Gasteiger partial charge is 0.481 e. The molecule has 0 aromatic carbocycles. The first kappa shape index (κ1) is 9.19. The Morgan fingerprint density at radius 1 is 1.83 bits per heavy atom. The summed E-state index contributed by atoms with van der Waals surface area (Å²) in [6, 6.07) is 0. The van der Waals surface area contributed by atoms with Crippen LogP contribution in [0.3, 0.4) is 0 Å². The first-order chi connectivity index (χ1) is 2.27. The van der Waals surface area contributed by atoms with Crippen LogP contribution in [0.1, 0.15) is 13.3 Å². The van der Waals surface area contributed by atoms with Gasteiger partial charge in [-0.05, 0) is 0 Å². The van der Waals surface area contributed by atoms with Crippen molar-refractivity contribution in [3.05, 3.63) is 0 Å². The average Bonchev–Trinajstić information content (AvgIpc) is 1.38. The van der Waals surface area contributed by atoms with Crippen LogP contribution in [0.5, 0.6) is 0 Å². The summed E-state index contributed by atoms with van der Waals surface area (Å²) < 4.78 is 0. The Hall–Kier alpha value is -0.313. The fraction of sp³-hybridized carbons (Fsp3) is 0.667. The third kappa shape index (κ3) is 9.35. The SMILES string of the molecule is CCC(=O)O.[Si]. The number of rotatable bonds is 1. The van der Waals surface area contributed by atoms with E-state index >= 15 is 0 Å². The molecule has 2 nitrogen and oxygen atoms in total. The second-order valence-corrected chi connectivity index (χ2v) is 0.747. The van der Waals surface area contributed by atoms with Gasteiger partial charge in [-0.25, -0.2) is 0 Å². The number of hydrogen-bond donors (Lipinski definition) is 1. The molecule has 0 aliphatic carbocycles. The molecule has 0 unspecified atom stereocenters. The van der Waals surface area contributed by atoms with Crippen molar-refractivity contribution >= 4 is 16.9 Å². The van der Waals surface area contributed by atoms with E-state index in [9.17, 15) is 4.79 Å². The highest BCUT2D eigenvalue weighted by Crippen LogP contribution is 1.67. The van der Waals surface area contributed by atoms with Crippen LogP contribution in [0.15, 0.2) is 0 Å². The Balaban J connectivity index is 0. The van der Waals surface area contributed by atoms with Gasteiger partial charge in [0.1, 0.15) is 0 Å². The Morgan fingerprint density at radius 3 is 2.00 bits per heavy atom. The Labute approximate surface area is 41.2 Å². The Bertz CT molecular complexity index is 44.1. The molecule has 34 valence electrons. The first-order valence-corrected chi connectivity index (χ1v) is 1.49. The van der Waals surface area contributed by atoms with Crippen molar-refractivity contribution in [3.63, 3.8) is 0 Å². The topological polar surface area (TPSA) is 37.3 Å². The van der Waals surface area contributed by atoms with Crippen molar-refractivity contribution in [3.8, 4) is 0 Å². The maximum absolute atomic E-state index is 9.37. The number of carboxylic acid groups (broad SMARTS) is 1. The van der Waals surface area contributed by atoms with Crippen molar-refractivity contribution in [2.24, 2.45) is 0 Å². The summed E-state index contributed by atoms with van der Waals surface area (Å²) >= 11 is 0. The number of carboxylic acids is 1. The normalized spacial score (nSPS) is 6.17. The van der Waals surface area contributed by atoms with E-state index in [-0.39, 0.29) is 17.4 Å². The molecule has 0 aromatic rings. The van der Waals surface area contributed by atoms with Gasteiger partial charge in [0, 0.05) is 17.4 Å². The third-order valence-corrected chi connectivity index (χ3v) is 0.302. The highest BCUT2D eigenvalue weighted by Gasteiger charge is 1.80. The molecule has 4 radical (unpaired) electrons. The van der Waals surface area contributed by atoms with Crippen LogP contribution in [-0.4, -0.2) is 22.0 Å². The van der Waals surface area contributed by atoms with E-state index in [4.69, 9.17) is 5.11 Å². The van der Waals surface area contributed by atoms with Crippen molar-refractivity contribution in [2.75, 3.05) is 0 Å². The van der Waals surface area contributed by atoms with Crippen LogP contribution in [0.2, 0.25) is 0 Å². The molecule has 0 fully saturated rings. The van der Waals surface area contributed by atoms with Crippen molar-refractivity contribution in [1.29, 1.82) is 0 Å². The molecule has 0 saturated carbocycles. The molecular formula is C3H6O2Si. The summed E-state index contributed by atoms with van der Waals surface area (Å²) in [6.07, 6.45) is 0.222. The van der Waals surface area contributed by atoms with Gasteiger partial charge in [-0.3, -0.25) is 4.79 Å². The molecule has 0 bridgehead atoms. The van der Waals surface area contributed by atoms with Crippen molar-refractivity contribution in [1.82, 2.24) is 0 Å². The standard InChI is InChI=1S/C3H6O2.Si/c1-2-3(4)5;/h2H2,1H3,(H,4,5);. The van der Waals surface area contributed by atoms with Gasteiger partial charge in [0.2, 0.25) is 0 Å². The van der Waals surface area contributed by atoms with E-state index in [1.165, 1.54) is 0 Å². The van der Waals surface area contributed by atoms with E-state index in [0.29, 0.717) is 0 Å². The lowest BCUT2D eigenvalue weighted by Crippen LogP contribution is -1.86.